The highest BCUT2D eigenvalue weighted by Crippen LogP contribution is 2.07. The van der Waals surface area contributed by atoms with Crippen molar-refractivity contribution in [2.24, 2.45) is 0 Å². The lowest BCUT2D eigenvalue weighted by Crippen LogP contribution is -3.00. The second-order valence-electron chi connectivity index (χ2n) is 4.26. The fraction of sp³-hybridized carbons (Fsp3) is 1.00. The molecule has 0 aliphatic heterocycles. The third-order valence-corrected chi connectivity index (χ3v) is 2.11. The van der Waals surface area contributed by atoms with Crippen molar-refractivity contribution >= 4 is 11.6 Å². The minimum atomic E-state index is -0.231. The zero-order valence-corrected chi connectivity index (χ0v) is 10.4. The van der Waals surface area contributed by atoms with Crippen molar-refractivity contribution < 1.29 is 22.0 Å². The van der Waals surface area contributed by atoms with E-state index in [1.54, 1.807) is 0 Å². The molecule has 82 valence electrons. The minimum Gasteiger partial charge on any atom is -1.00 e. The van der Waals surface area contributed by atoms with Gasteiger partial charge in [0.15, 0.2) is 0 Å². The molecule has 0 amide bonds. The fourth-order valence-corrected chi connectivity index (χ4v) is 1.43. The number of aliphatic hydroxyl groups is 1. The van der Waals surface area contributed by atoms with Gasteiger partial charge in [0.2, 0.25) is 0 Å². The Morgan fingerprint density at radius 2 is 1.77 bits per heavy atom. The van der Waals surface area contributed by atoms with Crippen LogP contribution >= 0.6 is 11.6 Å². The quantitative estimate of drug-likeness (QED) is 0.448. The summed E-state index contributed by atoms with van der Waals surface area (Å²) in [5, 5.41) is 9.44. The molecule has 4 heteroatoms. The van der Waals surface area contributed by atoms with Gasteiger partial charge in [0, 0.05) is 11.8 Å². The van der Waals surface area contributed by atoms with Gasteiger partial charge in [-0.15, -0.1) is 11.6 Å². The Morgan fingerprint density at radius 3 is 2.08 bits per heavy atom. The van der Waals surface area contributed by atoms with Gasteiger partial charge in [-0.25, -0.2) is 0 Å². The molecular weight excluding hydrogens is 209 g/mol. The lowest BCUT2D eigenvalue weighted by molar-refractivity contribution is -0.893. The van der Waals surface area contributed by atoms with E-state index in [4.69, 9.17) is 11.6 Å². The Morgan fingerprint density at radius 1 is 1.31 bits per heavy atom. The van der Waals surface area contributed by atoms with Crippen LogP contribution in [0.4, 0.5) is 0 Å². The second-order valence-corrected chi connectivity index (χ2v) is 5.01. The van der Waals surface area contributed by atoms with Gasteiger partial charge in [-0.1, -0.05) is 0 Å². The topological polar surface area (TPSA) is 20.2 Å². The van der Waals surface area contributed by atoms with Gasteiger partial charge in [0.05, 0.1) is 20.6 Å². The fourth-order valence-electron chi connectivity index (χ4n) is 1.33. The highest BCUT2D eigenvalue weighted by atomic mass is 35.5. The number of rotatable bonds is 5. The average molecular weight is 230 g/mol. The molecule has 13 heavy (non-hydrogen) atoms. The van der Waals surface area contributed by atoms with E-state index in [0.29, 0.717) is 0 Å². The van der Waals surface area contributed by atoms with Crippen LogP contribution in [0.15, 0.2) is 0 Å². The predicted octanol–water partition coefficient (Wildman–Crippen LogP) is -1.53. The van der Waals surface area contributed by atoms with Crippen LogP contribution in [0.3, 0.4) is 0 Å². The van der Waals surface area contributed by atoms with E-state index in [9.17, 15) is 5.11 Å². The summed E-state index contributed by atoms with van der Waals surface area (Å²) in [4.78, 5) is 0. The van der Waals surface area contributed by atoms with Crippen molar-refractivity contribution in [3.8, 4) is 0 Å². The van der Waals surface area contributed by atoms with Gasteiger partial charge in [-0.2, -0.15) is 0 Å². The number of likely N-dealkylation sites (N-methyl/N-ethyl adjacent to an activating group) is 1. The van der Waals surface area contributed by atoms with Gasteiger partial charge in [0.1, 0.15) is 12.6 Å². The van der Waals surface area contributed by atoms with Crippen LogP contribution in [0, 0.1) is 0 Å². The Hall–Kier alpha value is 0.500. The summed E-state index contributed by atoms with van der Waals surface area (Å²) in [6.45, 7) is 5.65. The number of halogens is 2. The number of alkyl halides is 1. The maximum absolute atomic E-state index is 9.20. The normalized spacial score (nSPS) is 16.2. The summed E-state index contributed by atoms with van der Waals surface area (Å²) in [6.07, 6.45) is 0.770. The number of hydrogen-bond donors (Lipinski definition) is 1. The van der Waals surface area contributed by atoms with E-state index < -0.39 is 0 Å². The molecule has 0 rings (SSSR count). The molecule has 0 bridgehead atoms. The Labute approximate surface area is 92.9 Å². The first kappa shape index (κ1) is 15.9. The summed E-state index contributed by atoms with van der Waals surface area (Å²) >= 11 is 5.85. The molecule has 0 saturated carbocycles. The van der Waals surface area contributed by atoms with Gasteiger partial charge in [-0.05, 0) is 13.8 Å². The monoisotopic (exact) mass is 229 g/mol. The molecule has 0 saturated heterocycles. The van der Waals surface area contributed by atoms with Gasteiger partial charge in [-0.3, -0.25) is 0 Å². The number of aliphatic hydroxyl groups excluding tert-OH is 1. The molecular formula is C9H21Cl2NO. The standard InChI is InChI=1S/C9H21ClNO.ClH/c1-8(10)5-6-11(3,4)7-9(2)12;/h8-9,12H,5-7H2,1-4H3;1H/q+1;/p-1. The van der Waals surface area contributed by atoms with Crippen molar-refractivity contribution in [2.75, 3.05) is 27.2 Å². The van der Waals surface area contributed by atoms with Gasteiger partial charge in [0.25, 0.3) is 0 Å². The van der Waals surface area contributed by atoms with Crippen molar-refractivity contribution in [3.05, 3.63) is 0 Å². The number of hydrogen-bond acceptors (Lipinski definition) is 1. The molecule has 0 heterocycles. The molecule has 0 radical (unpaired) electrons. The highest BCUT2D eigenvalue weighted by Gasteiger charge is 2.18. The summed E-state index contributed by atoms with van der Waals surface area (Å²) in [7, 11) is 4.23. The first-order chi connectivity index (χ1) is 5.33. The predicted molar refractivity (Wildman–Crippen MR) is 53.5 cm³/mol. The maximum Gasteiger partial charge on any atom is 0.104 e. The molecule has 2 nitrogen and oxygen atoms in total. The number of nitrogens with zero attached hydrogens (tertiary/aromatic N) is 1. The highest BCUT2D eigenvalue weighted by molar-refractivity contribution is 6.20. The van der Waals surface area contributed by atoms with E-state index in [1.165, 1.54) is 0 Å². The van der Waals surface area contributed by atoms with Crippen LogP contribution in [0.2, 0.25) is 0 Å². The maximum atomic E-state index is 9.20. The first-order valence-electron chi connectivity index (χ1n) is 4.47. The zero-order valence-electron chi connectivity index (χ0n) is 8.93. The van der Waals surface area contributed by atoms with Crippen molar-refractivity contribution in [3.63, 3.8) is 0 Å². The van der Waals surface area contributed by atoms with Crippen molar-refractivity contribution in [1.82, 2.24) is 0 Å². The third kappa shape index (κ3) is 10.4. The third-order valence-electron chi connectivity index (χ3n) is 1.89. The zero-order chi connectivity index (χ0) is 9.78. The molecule has 0 aromatic rings. The molecule has 2 unspecified atom stereocenters. The van der Waals surface area contributed by atoms with Crippen LogP contribution in [0.25, 0.3) is 0 Å². The molecule has 0 aliphatic carbocycles. The van der Waals surface area contributed by atoms with Crippen LogP contribution in [0.1, 0.15) is 20.3 Å². The summed E-state index contributed by atoms with van der Waals surface area (Å²) in [5.41, 5.74) is 0. The van der Waals surface area contributed by atoms with E-state index in [0.717, 1.165) is 24.0 Å². The summed E-state index contributed by atoms with van der Waals surface area (Å²) < 4.78 is 0.842. The first-order valence-corrected chi connectivity index (χ1v) is 4.91. The molecule has 0 fully saturated rings. The van der Waals surface area contributed by atoms with Crippen molar-refractivity contribution in [2.45, 2.75) is 31.7 Å². The SMILES string of the molecule is CC(O)C[N+](C)(C)CCC(C)Cl.[Cl-]. The van der Waals surface area contributed by atoms with Crippen LogP contribution in [-0.4, -0.2) is 48.3 Å². The molecule has 0 aliphatic rings. The van der Waals surface area contributed by atoms with E-state index in [1.807, 2.05) is 13.8 Å². The average Bonchev–Trinajstić information content (AvgIpc) is 1.81. The van der Waals surface area contributed by atoms with E-state index in [2.05, 4.69) is 14.1 Å². The minimum absolute atomic E-state index is 0. The Bertz CT molecular complexity index is 127. The molecule has 0 spiro atoms. The Balaban J connectivity index is 0. The largest absolute Gasteiger partial charge is 1.00 e. The smallest absolute Gasteiger partial charge is 0.104 e. The van der Waals surface area contributed by atoms with Gasteiger partial charge >= 0.3 is 0 Å². The molecule has 0 aromatic carbocycles. The summed E-state index contributed by atoms with van der Waals surface area (Å²) in [5.74, 6) is 0. The van der Waals surface area contributed by atoms with Crippen LogP contribution in [0.5, 0.6) is 0 Å². The van der Waals surface area contributed by atoms with Gasteiger partial charge < -0.3 is 22.0 Å². The van der Waals surface area contributed by atoms with E-state index >= 15 is 0 Å². The van der Waals surface area contributed by atoms with Crippen LogP contribution in [-0.2, 0) is 0 Å². The lowest BCUT2D eigenvalue weighted by atomic mass is 10.2. The van der Waals surface area contributed by atoms with Crippen LogP contribution < -0.4 is 12.4 Å². The molecule has 2 atom stereocenters. The van der Waals surface area contributed by atoms with E-state index in [-0.39, 0.29) is 23.9 Å². The molecule has 0 aromatic heterocycles. The number of quaternary nitrogens is 1. The molecule has 1 N–H and O–H groups in total. The lowest BCUT2D eigenvalue weighted by Gasteiger charge is -2.31. The summed E-state index contributed by atoms with van der Waals surface area (Å²) in [6, 6.07) is 0. The van der Waals surface area contributed by atoms with Crippen molar-refractivity contribution in [1.29, 1.82) is 0 Å². The Kier molecular flexibility index (Phi) is 8.44. The second kappa shape index (κ2) is 6.88.